The summed E-state index contributed by atoms with van der Waals surface area (Å²) in [7, 11) is 0. The lowest BCUT2D eigenvalue weighted by Crippen LogP contribution is -2.39. The van der Waals surface area contributed by atoms with Crippen molar-refractivity contribution in [1.82, 2.24) is 20.0 Å². The maximum absolute atomic E-state index is 13.3. The van der Waals surface area contributed by atoms with E-state index in [4.69, 9.17) is 14.6 Å². The van der Waals surface area contributed by atoms with Crippen LogP contribution in [0.4, 0.5) is 10.6 Å². The van der Waals surface area contributed by atoms with Crippen LogP contribution in [0.5, 0.6) is 0 Å². The van der Waals surface area contributed by atoms with E-state index < -0.39 is 0 Å². The Labute approximate surface area is 231 Å². The Balaban J connectivity index is 1.26. The predicted octanol–water partition coefficient (Wildman–Crippen LogP) is 5.52. The normalized spacial score (nSPS) is 19.9. The molecule has 1 saturated heterocycles. The summed E-state index contributed by atoms with van der Waals surface area (Å²) in [6, 6.07) is 18.1. The molecular formula is C31H41N5O3. The highest BCUT2D eigenvalue weighted by atomic mass is 16.5. The Morgan fingerprint density at radius 1 is 1.05 bits per heavy atom. The van der Waals surface area contributed by atoms with Gasteiger partial charge in [0.15, 0.2) is 0 Å². The molecule has 2 aliphatic rings. The fourth-order valence-electron chi connectivity index (χ4n) is 5.25. The van der Waals surface area contributed by atoms with Gasteiger partial charge in [0, 0.05) is 31.1 Å². The Bertz CT molecular complexity index is 1260. The molecule has 2 atom stereocenters. The highest BCUT2D eigenvalue weighted by Crippen LogP contribution is 2.38. The van der Waals surface area contributed by atoms with Gasteiger partial charge in [-0.3, -0.25) is 10.2 Å². The highest BCUT2D eigenvalue weighted by Gasteiger charge is 2.29. The summed E-state index contributed by atoms with van der Waals surface area (Å²) in [5, 5.41) is 11.1. The molecular weight excluding hydrogens is 490 g/mol. The molecule has 1 aromatic heterocycles. The first-order valence-electron chi connectivity index (χ1n) is 14.0. The predicted molar refractivity (Wildman–Crippen MR) is 154 cm³/mol. The molecule has 1 aliphatic carbocycles. The third-order valence-corrected chi connectivity index (χ3v) is 7.57. The minimum atomic E-state index is -0.241. The Morgan fingerprint density at radius 3 is 2.49 bits per heavy atom. The van der Waals surface area contributed by atoms with E-state index in [-0.39, 0.29) is 23.6 Å². The Hall–Kier alpha value is -3.20. The van der Waals surface area contributed by atoms with Crippen LogP contribution >= 0.6 is 0 Å². The van der Waals surface area contributed by atoms with Crippen LogP contribution in [0.3, 0.4) is 0 Å². The number of urea groups is 1. The number of ether oxygens (including phenoxy) is 2. The molecule has 39 heavy (non-hydrogen) atoms. The second-order valence-electron chi connectivity index (χ2n) is 11.6. The van der Waals surface area contributed by atoms with Gasteiger partial charge < -0.3 is 14.8 Å². The van der Waals surface area contributed by atoms with Crippen molar-refractivity contribution >= 4 is 11.8 Å². The number of hydrogen-bond acceptors (Lipinski definition) is 5. The fraction of sp³-hybridized carbons (Fsp3) is 0.484. The number of amides is 2. The van der Waals surface area contributed by atoms with Crippen molar-refractivity contribution in [3.63, 3.8) is 0 Å². The van der Waals surface area contributed by atoms with Crippen molar-refractivity contribution in [2.75, 3.05) is 44.8 Å². The molecule has 1 fully saturated rings. The molecule has 8 nitrogen and oxygen atoms in total. The van der Waals surface area contributed by atoms with E-state index in [0.29, 0.717) is 12.4 Å². The summed E-state index contributed by atoms with van der Waals surface area (Å²) in [5.74, 6) is 0.648. The van der Waals surface area contributed by atoms with Gasteiger partial charge >= 0.3 is 6.03 Å². The van der Waals surface area contributed by atoms with Crippen molar-refractivity contribution in [2.45, 2.75) is 58.1 Å². The number of rotatable bonds is 7. The van der Waals surface area contributed by atoms with Gasteiger partial charge in [-0.25, -0.2) is 9.48 Å². The molecule has 0 bridgehead atoms. The van der Waals surface area contributed by atoms with Crippen molar-refractivity contribution in [3.05, 3.63) is 77.0 Å². The average molecular weight is 532 g/mol. The summed E-state index contributed by atoms with van der Waals surface area (Å²) in [5.41, 5.74) is 5.13. The maximum atomic E-state index is 13.3. The average Bonchev–Trinajstić information content (AvgIpc) is 3.35. The first kappa shape index (κ1) is 27.4. The van der Waals surface area contributed by atoms with E-state index in [9.17, 15) is 4.79 Å². The van der Waals surface area contributed by atoms with Gasteiger partial charge in [0.05, 0.1) is 43.3 Å². The number of carbonyl (C=O) groups excluding carboxylic acids is 1. The number of fused-ring (bicyclic) bond motifs is 1. The van der Waals surface area contributed by atoms with Gasteiger partial charge in [0.25, 0.3) is 0 Å². The zero-order valence-electron chi connectivity index (χ0n) is 23.6. The van der Waals surface area contributed by atoms with Crippen molar-refractivity contribution in [2.24, 2.45) is 0 Å². The number of nitrogens with zero attached hydrogens (tertiary/aromatic N) is 3. The monoisotopic (exact) mass is 531 g/mol. The third-order valence-electron chi connectivity index (χ3n) is 7.57. The van der Waals surface area contributed by atoms with Crippen molar-refractivity contribution in [3.8, 4) is 5.69 Å². The highest BCUT2D eigenvalue weighted by molar-refractivity contribution is 5.89. The van der Waals surface area contributed by atoms with Crippen LogP contribution in [0.2, 0.25) is 0 Å². The number of aromatic nitrogens is 2. The van der Waals surface area contributed by atoms with Gasteiger partial charge in [-0.05, 0) is 43.0 Å². The molecule has 2 heterocycles. The number of benzene rings is 2. The Kier molecular flexibility index (Phi) is 8.35. The molecule has 3 aromatic rings. The molecule has 2 aromatic carbocycles. The Morgan fingerprint density at radius 2 is 1.77 bits per heavy atom. The van der Waals surface area contributed by atoms with Crippen LogP contribution in [0.1, 0.15) is 68.1 Å². The van der Waals surface area contributed by atoms with E-state index in [1.807, 2.05) is 35.0 Å². The standard InChI is InChI=1S/C31H41N5O3/c1-22-9-11-23(12-10-22)36-29(21-28(34-36)31(2,3)4)33-30(37)32-26-13-14-27(25-8-6-5-7-24(25)26)39-20-17-35-15-18-38-19-16-35/h5-12,21,26-27H,13-20H2,1-4H3,(H2,32,33,37)/t26-,27+/m0/s1. The van der Waals surface area contributed by atoms with E-state index >= 15 is 0 Å². The van der Waals surface area contributed by atoms with Crippen LogP contribution in [0.15, 0.2) is 54.6 Å². The van der Waals surface area contributed by atoms with Gasteiger partial charge in [0.1, 0.15) is 5.82 Å². The van der Waals surface area contributed by atoms with E-state index in [1.54, 1.807) is 0 Å². The smallest absolute Gasteiger partial charge is 0.320 e. The van der Waals surface area contributed by atoms with Gasteiger partial charge in [0.2, 0.25) is 0 Å². The van der Waals surface area contributed by atoms with Crippen LogP contribution in [-0.4, -0.2) is 60.2 Å². The number of carbonyl (C=O) groups is 1. The summed E-state index contributed by atoms with van der Waals surface area (Å²) < 4.78 is 13.6. The summed E-state index contributed by atoms with van der Waals surface area (Å²) in [4.78, 5) is 15.7. The lowest BCUT2D eigenvalue weighted by Gasteiger charge is -2.33. The first-order chi connectivity index (χ1) is 18.8. The quantitative estimate of drug-likeness (QED) is 0.419. The molecule has 8 heteroatoms. The van der Waals surface area contributed by atoms with Gasteiger partial charge in [-0.15, -0.1) is 0 Å². The first-order valence-corrected chi connectivity index (χ1v) is 14.0. The maximum Gasteiger partial charge on any atom is 0.320 e. The van der Waals surface area contributed by atoms with Crippen molar-refractivity contribution < 1.29 is 14.3 Å². The number of morpholine rings is 1. The zero-order chi connectivity index (χ0) is 27.4. The van der Waals surface area contributed by atoms with Gasteiger partial charge in [-0.2, -0.15) is 5.10 Å². The topological polar surface area (TPSA) is 80.7 Å². The van der Waals surface area contributed by atoms with Crippen LogP contribution in [0, 0.1) is 6.92 Å². The van der Waals surface area contributed by atoms with E-state index in [1.165, 1.54) is 5.56 Å². The summed E-state index contributed by atoms with van der Waals surface area (Å²) >= 11 is 0. The summed E-state index contributed by atoms with van der Waals surface area (Å²) in [6.45, 7) is 13.6. The number of anilines is 1. The zero-order valence-corrected chi connectivity index (χ0v) is 23.6. The molecule has 0 radical (unpaired) electrons. The molecule has 5 rings (SSSR count). The van der Waals surface area contributed by atoms with Crippen LogP contribution < -0.4 is 10.6 Å². The second-order valence-corrected chi connectivity index (χ2v) is 11.6. The van der Waals surface area contributed by atoms with E-state index in [0.717, 1.165) is 68.2 Å². The molecule has 0 saturated carbocycles. The molecule has 0 unspecified atom stereocenters. The van der Waals surface area contributed by atoms with E-state index in [2.05, 4.69) is 67.5 Å². The molecule has 208 valence electrons. The van der Waals surface area contributed by atoms with Crippen molar-refractivity contribution in [1.29, 1.82) is 0 Å². The SMILES string of the molecule is Cc1ccc(-n2nc(C(C)(C)C)cc2NC(=O)N[C@H]2CC[C@@H](OCCN3CCOCC3)c3ccccc32)cc1. The van der Waals surface area contributed by atoms with Crippen LogP contribution in [0.25, 0.3) is 5.69 Å². The number of aryl methyl sites for hydroxylation is 1. The molecule has 0 spiro atoms. The molecule has 1 aliphatic heterocycles. The third kappa shape index (κ3) is 6.69. The minimum Gasteiger partial charge on any atom is -0.379 e. The molecule has 2 N–H and O–H groups in total. The van der Waals surface area contributed by atoms with Gasteiger partial charge in [-0.1, -0.05) is 62.7 Å². The fourth-order valence-corrected chi connectivity index (χ4v) is 5.25. The summed E-state index contributed by atoms with van der Waals surface area (Å²) in [6.07, 6.45) is 1.72. The molecule has 2 amide bonds. The largest absolute Gasteiger partial charge is 0.379 e. The minimum absolute atomic E-state index is 0.0423. The van der Waals surface area contributed by atoms with Crippen LogP contribution in [-0.2, 0) is 14.9 Å². The number of nitrogens with one attached hydrogen (secondary N) is 2. The lowest BCUT2D eigenvalue weighted by molar-refractivity contribution is -0.00488. The number of hydrogen-bond donors (Lipinski definition) is 2. The lowest BCUT2D eigenvalue weighted by atomic mass is 9.85. The second kappa shape index (κ2) is 11.9.